The number of aryl methyl sites for hydroxylation is 2. The van der Waals surface area contributed by atoms with Crippen LogP contribution in [0.2, 0.25) is 0 Å². The average molecular weight is 427 g/mol. The second-order valence-corrected chi connectivity index (χ2v) is 10.6. The Morgan fingerprint density at radius 3 is 2.40 bits per heavy atom. The van der Waals surface area contributed by atoms with Gasteiger partial charge in [0, 0.05) is 11.3 Å². The third-order valence-corrected chi connectivity index (χ3v) is 6.75. The number of ether oxygens (including phenoxy) is 1. The van der Waals surface area contributed by atoms with Gasteiger partial charge < -0.3 is 9.84 Å². The normalized spacial score (nSPS) is 22.1. The molecule has 1 aliphatic heterocycles. The zero-order valence-corrected chi connectivity index (χ0v) is 19.1. The predicted octanol–water partition coefficient (Wildman–Crippen LogP) is 5.37. The Kier molecular flexibility index (Phi) is 6.32. The van der Waals surface area contributed by atoms with Crippen molar-refractivity contribution in [1.29, 1.82) is 0 Å². The second kappa shape index (κ2) is 8.46. The average Bonchev–Trinajstić information content (AvgIpc) is 2.63. The molecule has 160 valence electrons. The molecule has 2 atom stereocenters. The molecule has 1 saturated heterocycles. The number of benzene rings is 2. The number of rotatable bonds is 5. The van der Waals surface area contributed by atoms with Crippen LogP contribution in [0.5, 0.6) is 5.75 Å². The first kappa shape index (κ1) is 22.4. The van der Waals surface area contributed by atoms with Gasteiger partial charge in [0.15, 0.2) is 11.0 Å². The van der Waals surface area contributed by atoms with E-state index in [1.54, 1.807) is 12.1 Å². The molecule has 0 aromatic heterocycles. The molecule has 0 radical (unpaired) electrons. The summed E-state index contributed by atoms with van der Waals surface area (Å²) in [4.78, 5) is 26.8. The van der Waals surface area contributed by atoms with Crippen LogP contribution in [0.3, 0.4) is 0 Å². The number of ketones is 1. The van der Waals surface area contributed by atoms with E-state index in [4.69, 9.17) is 4.74 Å². The van der Waals surface area contributed by atoms with Crippen LogP contribution < -0.4 is 0 Å². The van der Waals surface area contributed by atoms with Crippen molar-refractivity contribution in [3.63, 3.8) is 0 Å². The minimum absolute atomic E-state index is 0.0779. The topological polar surface area (TPSA) is 63.6 Å². The van der Waals surface area contributed by atoms with Crippen LogP contribution in [0.4, 0.5) is 0 Å². The van der Waals surface area contributed by atoms with Crippen LogP contribution in [0.15, 0.2) is 47.4 Å². The lowest BCUT2D eigenvalue weighted by molar-refractivity contribution is -0.167. The number of phenols is 1. The lowest BCUT2D eigenvalue weighted by Gasteiger charge is -2.36. The summed E-state index contributed by atoms with van der Waals surface area (Å²) in [6.07, 6.45) is 1.44. The highest BCUT2D eigenvalue weighted by Gasteiger charge is 2.44. The van der Waals surface area contributed by atoms with Crippen molar-refractivity contribution in [3.8, 4) is 5.75 Å². The summed E-state index contributed by atoms with van der Waals surface area (Å²) in [5.74, 6) is -0.313. The number of hydrogen-bond acceptors (Lipinski definition) is 5. The number of Topliss-reactive ketones (excluding diaryl/α,β-unsaturated/α-hetero) is 1. The third-order valence-electron chi connectivity index (χ3n) is 5.47. The Bertz CT molecular complexity index is 923. The first-order valence-corrected chi connectivity index (χ1v) is 11.2. The highest BCUT2D eigenvalue weighted by atomic mass is 32.2. The molecule has 1 aliphatic rings. The number of cyclic esters (lactones) is 1. The number of carbonyl (C=O) groups excluding carboxylic acids is 2. The Balaban J connectivity index is 1.72. The SMILES string of the molecule is Cc1ccc(C(C)(C)C)c(SC2C(=O)CC(C)(CCc3ccc(O)cc3)OC2=O)c1. The maximum atomic E-state index is 13.0. The zero-order valence-electron chi connectivity index (χ0n) is 18.3. The summed E-state index contributed by atoms with van der Waals surface area (Å²) in [6, 6.07) is 13.1. The van der Waals surface area contributed by atoms with Crippen LogP contribution in [0, 0.1) is 6.92 Å². The maximum Gasteiger partial charge on any atom is 0.327 e. The van der Waals surface area contributed by atoms with Crippen LogP contribution in [-0.2, 0) is 26.2 Å². The number of hydrogen-bond donors (Lipinski definition) is 1. The molecule has 1 N–H and O–H groups in total. The lowest BCUT2D eigenvalue weighted by Crippen LogP contribution is -2.47. The summed E-state index contributed by atoms with van der Waals surface area (Å²) in [5.41, 5.74) is 2.36. The van der Waals surface area contributed by atoms with Gasteiger partial charge in [0.1, 0.15) is 11.4 Å². The van der Waals surface area contributed by atoms with Gasteiger partial charge in [-0.3, -0.25) is 9.59 Å². The van der Waals surface area contributed by atoms with Gasteiger partial charge >= 0.3 is 5.97 Å². The fraction of sp³-hybridized carbons (Fsp3) is 0.440. The molecule has 30 heavy (non-hydrogen) atoms. The standard InChI is InChI=1S/C25H30O4S/c1-16-6-11-19(24(2,3)4)21(14-16)30-22-20(27)15-25(5,29-23(22)28)13-12-17-7-9-18(26)10-8-17/h6-11,14,22,26H,12-13,15H2,1-5H3. The minimum Gasteiger partial charge on any atom is -0.508 e. The number of esters is 1. The van der Waals surface area contributed by atoms with Crippen molar-refractivity contribution in [2.75, 3.05) is 0 Å². The first-order chi connectivity index (χ1) is 14.0. The fourth-order valence-electron chi connectivity index (χ4n) is 3.72. The van der Waals surface area contributed by atoms with Gasteiger partial charge in [0.25, 0.3) is 0 Å². The van der Waals surface area contributed by atoms with Gasteiger partial charge in [-0.15, -0.1) is 11.8 Å². The zero-order chi connectivity index (χ0) is 22.1. The molecular formula is C25H30O4S. The van der Waals surface area contributed by atoms with E-state index < -0.39 is 16.8 Å². The van der Waals surface area contributed by atoms with Crippen molar-refractivity contribution in [1.82, 2.24) is 0 Å². The second-order valence-electron chi connectivity index (χ2n) is 9.43. The van der Waals surface area contributed by atoms with E-state index in [0.29, 0.717) is 12.8 Å². The first-order valence-electron chi connectivity index (χ1n) is 10.3. The molecule has 0 bridgehead atoms. The van der Waals surface area contributed by atoms with E-state index in [1.165, 1.54) is 11.8 Å². The van der Waals surface area contributed by atoms with E-state index in [2.05, 4.69) is 32.9 Å². The summed E-state index contributed by atoms with van der Waals surface area (Å²) in [6.45, 7) is 10.2. The molecule has 3 rings (SSSR count). The van der Waals surface area contributed by atoms with Gasteiger partial charge in [-0.2, -0.15) is 0 Å². The molecule has 1 fully saturated rings. The summed E-state index contributed by atoms with van der Waals surface area (Å²) < 4.78 is 5.80. The van der Waals surface area contributed by atoms with Crippen molar-refractivity contribution in [3.05, 3.63) is 59.2 Å². The Morgan fingerprint density at radius 1 is 1.13 bits per heavy atom. The highest BCUT2D eigenvalue weighted by Crippen LogP contribution is 2.39. The van der Waals surface area contributed by atoms with Crippen molar-refractivity contribution >= 4 is 23.5 Å². The van der Waals surface area contributed by atoms with E-state index in [-0.39, 0.29) is 23.4 Å². The van der Waals surface area contributed by atoms with Crippen molar-refractivity contribution in [2.24, 2.45) is 0 Å². The fourth-order valence-corrected chi connectivity index (χ4v) is 5.09. The molecule has 0 saturated carbocycles. The van der Waals surface area contributed by atoms with Crippen molar-refractivity contribution in [2.45, 2.75) is 75.0 Å². The molecular weight excluding hydrogens is 396 g/mol. The molecule has 0 amide bonds. The molecule has 2 unspecified atom stereocenters. The lowest BCUT2D eigenvalue weighted by atomic mass is 9.86. The van der Waals surface area contributed by atoms with Crippen LogP contribution in [0.25, 0.3) is 0 Å². The number of phenolic OH excluding ortho intramolecular Hbond substituents is 1. The van der Waals surface area contributed by atoms with Gasteiger partial charge in [-0.05, 0) is 67.0 Å². The number of aromatic hydroxyl groups is 1. The van der Waals surface area contributed by atoms with Gasteiger partial charge in [-0.1, -0.05) is 45.0 Å². The molecule has 0 spiro atoms. The third kappa shape index (κ3) is 5.25. The van der Waals surface area contributed by atoms with E-state index in [0.717, 1.165) is 21.6 Å². The van der Waals surface area contributed by atoms with E-state index >= 15 is 0 Å². The molecule has 2 aromatic carbocycles. The molecule has 4 nitrogen and oxygen atoms in total. The van der Waals surface area contributed by atoms with Crippen LogP contribution >= 0.6 is 11.8 Å². The minimum atomic E-state index is -0.824. The largest absolute Gasteiger partial charge is 0.508 e. The van der Waals surface area contributed by atoms with E-state index in [9.17, 15) is 14.7 Å². The molecule has 0 aliphatic carbocycles. The highest BCUT2D eigenvalue weighted by molar-refractivity contribution is 8.01. The number of thioether (sulfide) groups is 1. The van der Waals surface area contributed by atoms with Gasteiger partial charge in [0.2, 0.25) is 0 Å². The molecule has 5 heteroatoms. The predicted molar refractivity (Wildman–Crippen MR) is 120 cm³/mol. The smallest absolute Gasteiger partial charge is 0.327 e. The van der Waals surface area contributed by atoms with Crippen molar-refractivity contribution < 1.29 is 19.4 Å². The van der Waals surface area contributed by atoms with Gasteiger partial charge in [-0.25, -0.2) is 0 Å². The Labute approximate surface area is 183 Å². The van der Waals surface area contributed by atoms with E-state index in [1.807, 2.05) is 32.0 Å². The van der Waals surface area contributed by atoms with Gasteiger partial charge in [0.05, 0.1) is 0 Å². The summed E-state index contributed by atoms with van der Waals surface area (Å²) >= 11 is 1.31. The Morgan fingerprint density at radius 2 is 1.80 bits per heavy atom. The Hall–Kier alpha value is -2.27. The monoisotopic (exact) mass is 426 g/mol. The summed E-state index contributed by atoms with van der Waals surface area (Å²) in [5, 5.41) is 8.59. The van der Waals surface area contributed by atoms with Crippen LogP contribution in [0.1, 0.15) is 57.2 Å². The molecule has 1 heterocycles. The quantitative estimate of drug-likeness (QED) is 0.515. The number of carbonyl (C=O) groups is 2. The maximum absolute atomic E-state index is 13.0. The molecule has 2 aromatic rings. The van der Waals surface area contributed by atoms with Crippen LogP contribution in [-0.4, -0.2) is 27.7 Å². The summed E-state index contributed by atoms with van der Waals surface area (Å²) in [7, 11) is 0.